The molecule has 0 aliphatic carbocycles. The van der Waals surface area contributed by atoms with E-state index in [0.717, 1.165) is 31.4 Å². The molecule has 0 atom stereocenters. The highest BCUT2D eigenvalue weighted by molar-refractivity contribution is 5.98. The molecule has 7 heteroatoms. The van der Waals surface area contributed by atoms with Crippen LogP contribution < -0.4 is 0 Å². The van der Waals surface area contributed by atoms with Crippen molar-refractivity contribution in [2.24, 2.45) is 0 Å². The molecule has 4 rings (SSSR count). The zero-order valence-electron chi connectivity index (χ0n) is 14.7. The molecule has 26 heavy (non-hydrogen) atoms. The molecular formula is C19H23FN4O2. The molecule has 2 saturated heterocycles. The van der Waals surface area contributed by atoms with Crippen LogP contribution in [0.5, 0.6) is 0 Å². The summed E-state index contributed by atoms with van der Waals surface area (Å²) in [6.45, 7) is 4.76. The summed E-state index contributed by atoms with van der Waals surface area (Å²) in [5, 5.41) is 0.697. The molecule has 2 fully saturated rings. The molecule has 2 aliphatic rings. The van der Waals surface area contributed by atoms with Gasteiger partial charge in [0, 0.05) is 50.2 Å². The van der Waals surface area contributed by atoms with E-state index < -0.39 is 0 Å². The van der Waals surface area contributed by atoms with Crippen LogP contribution in [-0.2, 0) is 4.79 Å². The second kappa shape index (κ2) is 7.07. The number of hydrogen-bond donors (Lipinski definition) is 1. The molecule has 1 aromatic carbocycles. The lowest BCUT2D eigenvalue weighted by molar-refractivity contribution is -0.131. The quantitative estimate of drug-likeness (QED) is 0.908. The Balaban J connectivity index is 1.34. The fourth-order valence-corrected chi connectivity index (χ4v) is 3.76. The lowest BCUT2D eigenvalue weighted by Gasteiger charge is -2.34. The van der Waals surface area contributed by atoms with Gasteiger partial charge < -0.3 is 14.8 Å². The fraction of sp³-hybridized carbons (Fsp3) is 0.474. The standard InChI is InChI=1S/C19H23FN4O2/c20-15-3-4-16-14(11-15)12-17(21-16)19(26)24-9-7-22(8-10-24)13-18(25)23-5-1-2-6-23/h3-4,11-12,21H,1-2,5-10,13H2. The molecule has 2 amide bonds. The van der Waals surface area contributed by atoms with Gasteiger partial charge in [-0.25, -0.2) is 4.39 Å². The molecule has 2 aromatic rings. The molecule has 2 aliphatic heterocycles. The number of H-pyrrole nitrogens is 1. The molecule has 0 radical (unpaired) electrons. The Morgan fingerprint density at radius 3 is 2.42 bits per heavy atom. The smallest absolute Gasteiger partial charge is 0.270 e. The van der Waals surface area contributed by atoms with Crippen LogP contribution in [0.1, 0.15) is 23.3 Å². The number of amides is 2. The summed E-state index contributed by atoms with van der Waals surface area (Å²) >= 11 is 0. The van der Waals surface area contributed by atoms with Crippen LogP contribution in [0.2, 0.25) is 0 Å². The molecule has 0 unspecified atom stereocenters. The number of rotatable bonds is 3. The summed E-state index contributed by atoms with van der Waals surface area (Å²) in [5.41, 5.74) is 1.23. The van der Waals surface area contributed by atoms with Crippen LogP contribution in [0.15, 0.2) is 24.3 Å². The van der Waals surface area contributed by atoms with Crippen LogP contribution in [0.3, 0.4) is 0 Å². The highest BCUT2D eigenvalue weighted by atomic mass is 19.1. The zero-order valence-corrected chi connectivity index (χ0v) is 14.7. The average molecular weight is 358 g/mol. The van der Waals surface area contributed by atoms with Crippen molar-refractivity contribution in [3.63, 3.8) is 0 Å². The number of hydrogen-bond acceptors (Lipinski definition) is 3. The minimum Gasteiger partial charge on any atom is -0.351 e. The number of nitrogens with one attached hydrogen (secondary N) is 1. The summed E-state index contributed by atoms with van der Waals surface area (Å²) in [7, 11) is 0. The fourth-order valence-electron chi connectivity index (χ4n) is 3.76. The van der Waals surface area contributed by atoms with Gasteiger partial charge in [0.15, 0.2) is 0 Å². The molecule has 0 saturated carbocycles. The third-order valence-electron chi connectivity index (χ3n) is 5.29. The average Bonchev–Trinajstić information content (AvgIpc) is 3.31. The summed E-state index contributed by atoms with van der Waals surface area (Å²) < 4.78 is 13.3. The second-order valence-corrected chi connectivity index (χ2v) is 7.07. The van der Waals surface area contributed by atoms with E-state index in [1.54, 1.807) is 17.0 Å². The van der Waals surface area contributed by atoms with Crippen molar-refractivity contribution in [3.8, 4) is 0 Å². The van der Waals surface area contributed by atoms with E-state index in [1.807, 2.05) is 4.90 Å². The van der Waals surface area contributed by atoms with Crippen molar-refractivity contribution in [1.82, 2.24) is 19.7 Å². The van der Waals surface area contributed by atoms with Crippen molar-refractivity contribution in [3.05, 3.63) is 35.8 Å². The van der Waals surface area contributed by atoms with Crippen molar-refractivity contribution < 1.29 is 14.0 Å². The van der Waals surface area contributed by atoms with Crippen molar-refractivity contribution >= 4 is 22.7 Å². The van der Waals surface area contributed by atoms with E-state index in [4.69, 9.17) is 0 Å². The SMILES string of the molecule is O=C(CN1CCN(C(=O)c2cc3cc(F)ccc3[nH]2)CC1)N1CCCC1. The van der Waals surface area contributed by atoms with Gasteiger partial charge in [0.25, 0.3) is 5.91 Å². The second-order valence-electron chi connectivity index (χ2n) is 7.07. The Kier molecular flexibility index (Phi) is 4.63. The van der Waals surface area contributed by atoms with Crippen molar-refractivity contribution in [2.45, 2.75) is 12.8 Å². The topological polar surface area (TPSA) is 59.7 Å². The highest BCUT2D eigenvalue weighted by Crippen LogP contribution is 2.18. The lowest BCUT2D eigenvalue weighted by Crippen LogP contribution is -2.51. The van der Waals surface area contributed by atoms with E-state index in [2.05, 4.69) is 9.88 Å². The van der Waals surface area contributed by atoms with Gasteiger partial charge in [0.1, 0.15) is 11.5 Å². The number of piperazine rings is 1. The van der Waals surface area contributed by atoms with Gasteiger partial charge in [-0.3, -0.25) is 14.5 Å². The van der Waals surface area contributed by atoms with Crippen LogP contribution in [0.4, 0.5) is 4.39 Å². The van der Waals surface area contributed by atoms with Crippen molar-refractivity contribution in [1.29, 1.82) is 0 Å². The third-order valence-corrected chi connectivity index (χ3v) is 5.29. The van der Waals surface area contributed by atoms with Gasteiger partial charge in [-0.1, -0.05) is 0 Å². The van der Waals surface area contributed by atoms with E-state index in [9.17, 15) is 14.0 Å². The lowest BCUT2D eigenvalue weighted by atomic mass is 10.2. The number of carbonyl (C=O) groups excluding carboxylic acids is 2. The number of aromatic amines is 1. The van der Waals surface area contributed by atoms with Gasteiger partial charge >= 0.3 is 0 Å². The van der Waals surface area contributed by atoms with Crippen LogP contribution in [0.25, 0.3) is 10.9 Å². The maximum Gasteiger partial charge on any atom is 0.270 e. The molecule has 138 valence electrons. The third kappa shape index (κ3) is 3.44. The molecule has 6 nitrogen and oxygen atoms in total. The zero-order chi connectivity index (χ0) is 18.1. The first-order valence-electron chi connectivity index (χ1n) is 9.18. The Morgan fingerprint density at radius 1 is 0.962 bits per heavy atom. The molecule has 1 aromatic heterocycles. The largest absolute Gasteiger partial charge is 0.351 e. The summed E-state index contributed by atoms with van der Waals surface area (Å²) in [5.74, 6) is -0.196. The van der Waals surface area contributed by atoms with Gasteiger partial charge in [-0.15, -0.1) is 0 Å². The summed E-state index contributed by atoms with van der Waals surface area (Å²) in [6, 6.07) is 6.14. The maximum atomic E-state index is 13.3. The van der Waals surface area contributed by atoms with E-state index in [1.165, 1.54) is 12.1 Å². The number of nitrogens with zero attached hydrogens (tertiary/aromatic N) is 3. The Morgan fingerprint density at radius 2 is 1.69 bits per heavy atom. The monoisotopic (exact) mass is 358 g/mol. The maximum absolute atomic E-state index is 13.3. The predicted octanol–water partition coefficient (Wildman–Crippen LogP) is 1.69. The first kappa shape index (κ1) is 17.0. The van der Waals surface area contributed by atoms with Gasteiger partial charge in [0.05, 0.1) is 6.54 Å². The number of carbonyl (C=O) groups is 2. The molecule has 1 N–H and O–H groups in total. The van der Waals surface area contributed by atoms with E-state index in [-0.39, 0.29) is 17.6 Å². The number of halogens is 1. The molecule has 0 bridgehead atoms. The summed E-state index contributed by atoms with van der Waals surface area (Å²) in [4.78, 5) is 33.9. The minimum atomic E-state index is -0.313. The van der Waals surface area contributed by atoms with Gasteiger partial charge in [0.2, 0.25) is 5.91 Å². The van der Waals surface area contributed by atoms with Gasteiger partial charge in [-0.2, -0.15) is 0 Å². The first-order chi connectivity index (χ1) is 12.6. The number of aromatic nitrogens is 1. The highest BCUT2D eigenvalue weighted by Gasteiger charge is 2.26. The normalized spacial score (nSPS) is 18.7. The molecule has 3 heterocycles. The van der Waals surface area contributed by atoms with E-state index in [0.29, 0.717) is 43.8 Å². The number of likely N-dealkylation sites (tertiary alicyclic amines) is 1. The van der Waals surface area contributed by atoms with Crippen LogP contribution in [-0.4, -0.2) is 77.3 Å². The molecule has 0 spiro atoms. The van der Waals surface area contributed by atoms with Gasteiger partial charge in [-0.05, 0) is 37.1 Å². The van der Waals surface area contributed by atoms with Crippen LogP contribution >= 0.6 is 0 Å². The van der Waals surface area contributed by atoms with Crippen molar-refractivity contribution in [2.75, 3.05) is 45.8 Å². The van der Waals surface area contributed by atoms with E-state index >= 15 is 0 Å². The Hall–Kier alpha value is -2.41. The Bertz CT molecular complexity index is 820. The summed E-state index contributed by atoms with van der Waals surface area (Å²) in [6.07, 6.45) is 2.20. The van der Waals surface area contributed by atoms with Crippen LogP contribution in [0, 0.1) is 5.82 Å². The number of fused-ring (bicyclic) bond motifs is 1. The molecular weight excluding hydrogens is 335 g/mol. The predicted molar refractivity (Wildman–Crippen MR) is 96.4 cm³/mol. The first-order valence-corrected chi connectivity index (χ1v) is 9.18. The minimum absolute atomic E-state index is 0.0767. The number of benzene rings is 1. The Labute approximate surface area is 151 Å².